The van der Waals surface area contributed by atoms with E-state index >= 15 is 0 Å². The van der Waals surface area contributed by atoms with Crippen molar-refractivity contribution >= 4 is 24.0 Å². The molecular weight excluding hydrogens is 207 g/mol. The van der Waals surface area contributed by atoms with Crippen molar-refractivity contribution < 1.29 is 19.9 Å². The van der Waals surface area contributed by atoms with Crippen molar-refractivity contribution in [3.05, 3.63) is 38.4 Å². The fourth-order valence-electron chi connectivity index (χ4n) is 1.12. The smallest absolute Gasteiger partial charge is 0.423 e. The molecule has 78 valence electrons. The Morgan fingerprint density at radius 2 is 1.47 bits per heavy atom. The molecule has 0 aromatic heterocycles. The van der Waals surface area contributed by atoms with Crippen LogP contribution in [0.25, 0.3) is 0 Å². The number of nitrogens with zero attached hydrogens (tertiary/aromatic N) is 2. The van der Waals surface area contributed by atoms with Crippen LogP contribution in [0.15, 0.2) is 18.2 Å². The van der Waals surface area contributed by atoms with Crippen LogP contribution in [0.3, 0.4) is 0 Å². The molecule has 0 unspecified atom stereocenters. The SMILES string of the molecule is O=[N+]([O-])c1cccc([N+](=O)[O-])c1B(O)O. The summed E-state index contributed by atoms with van der Waals surface area (Å²) in [6, 6.07) is 3.02. The summed E-state index contributed by atoms with van der Waals surface area (Å²) in [5.74, 6) is 0. The first-order valence-electron chi connectivity index (χ1n) is 3.73. The topological polar surface area (TPSA) is 127 Å². The quantitative estimate of drug-likeness (QED) is 0.382. The molecule has 0 aliphatic carbocycles. The van der Waals surface area contributed by atoms with E-state index in [0.29, 0.717) is 0 Å². The van der Waals surface area contributed by atoms with Gasteiger partial charge in [0.05, 0.1) is 9.85 Å². The number of benzene rings is 1. The zero-order chi connectivity index (χ0) is 11.6. The number of rotatable bonds is 3. The monoisotopic (exact) mass is 212 g/mol. The molecule has 1 rings (SSSR count). The normalized spacial score (nSPS) is 9.73. The van der Waals surface area contributed by atoms with Crippen LogP contribution in [0.5, 0.6) is 0 Å². The Labute approximate surface area is 83.2 Å². The summed E-state index contributed by atoms with van der Waals surface area (Å²) in [7, 11) is -2.26. The average molecular weight is 212 g/mol. The first kappa shape index (κ1) is 11.1. The molecule has 1 aromatic rings. The predicted octanol–water partition coefficient (Wildman–Crippen LogP) is -0.817. The molecule has 15 heavy (non-hydrogen) atoms. The summed E-state index contributed by atoms with van der Waals surface area (Å²) in [6.07, 6.45) is 0. The van der Waals surface area contributed by atoms with Crippen LogP contribution in [0.4, 0.5) is 11.4 Å². The van der Waals surface area contributed by atoms with E-state index in [4.69, 9.17) is 10.0 Å². The van der Waals surface area contributed by atoms with Gasteiger partial charge >= 0.3 is 7.12 Å². The number of nitro benzene ring substituents is 2. The van der Waals surface area contributed by atoms with Gasteiger partial charge in [-0.3, -0.25) is 20.2 Å². The highest BCUT2D eigenvalue weighted by atomic mass is 16.6. The van der Waals surface area contributed by atoms with Gasteiger partial charge < -0.3 is 10.0 Å². The first-order valence-corrected chi connectivity index (χ1v) is 3.73. The third-order valence-corrected chi connectivity index (χ3v) is 1.71. The highest BCUT2D eigenvalue weighted by Gasteiger charge is 2.32. The molecule has 0 saturated carbocycles. The van der Waals surface area contributed by atoms with Crippen molar-refractivity contribution in [2.24, 2.45) is 0 Å². The minimum absolute atomic E-state index is 0.695. The van der Waals surface area contributed by atoms with Gasteiger partial charge in [-0.05, 0) is 6.07 Å². The lowest BCUT2D eigenvalue weighted by Gasteiger charge is -2.01. The Bertz CT molecular complexity index is 388. The van der Waals surface area contributed by atoms with E-state index in [1.165, 1.54) is 0 Å². The number of hydrogen-bond acceptors (Lipinski definition) is 6. The van der Waals surface area contributed by atoms with Crippen molar-refractivity contribution in [3.63, 3.8) is 0 Å². The highest BCUT2D eigenvalue weighted by Crippen LogP contribution is 2.16. The van der Waals surface area contributed by atoms with Gasteiger partial charge in [-0.25, -0.2) is 0 Å². The third kappa shape index (κ3) is 2.09. The summed E-state index contributed by atoms with van der Waals surface area (Å²) in [5, 5.41) is 38.6. The Balaban J connectivity index is 3.48. The van der Waals surface area contributed by atoms with E-state index in [1.54, 1.807) is 0 Å². The molecule has 0 atom stereocenters. The van der Waals surface area contributed by atoms with Crippen LogP contribution in [-0.4, -0.2) is 27.0 Å². The molecule has 1 aromatic carbocycles. The van der Waals surface area contributed by atoms with Crippen molar-refractivity contribution in [2.45, 2.75) is 0 Å². The maximum atomic E-state index is 10.5. The molecule has 9 heteroatoms. The fraction of sp³-hybridized carbons (Fsp3) is 0. The molecule has 0 fully saturated rings. The molecule has 0 aliphatic heterocycles. The van der Waals surface area contributed by atoms with E-state index < -0.39 is 33.8 Å². The molecule has 0 radical (unpaired) electrons. The predicted molar refractivity (Wildman–Crippen MR) is 49.6 cm³/mol. The largest absolute Gasteiger partial charge is 0.502 e. The molecule has 8 nitrogen and oxygen atoms in total. The van der Waals surface area contributed by atoms with Gasteiger partial charge in [0, 0.05) is 12.1 Å². The maximum Gasteiger partial charge on any atom is 0.502 e. The lowest BCUT2D eigenvalue weighted by molar-refractivity contribution is -0.392. The molecule has 0 amide bonds. The average Bonchev–Trinajstić information content (AvgIpc) is 2.16. The Hall–Kier alpha value is -2.00. The van der Waals surface area contributed by atoms with E-state index in [-0.39, 0.29) is 0 Å². The Kier molecular flexibility index (Phi) is 2.97. The molecule has 0 bridgehead atoms. The minimum atomic E-state index is -2.26. The van der Waals surface area contributed by atoms with E-state index in [0.717, 1.165) is 18.2 Å². The molecule has 0 saturated heterocycles. The summed E-state index contributed by atoms with van der Waals surface area (Å²) < 4.78 is 0. The summed E-state index contributed by atoms with van der Waals surface area (Å²) >= 11 is 0. The van der Waals surface area contributed by atoms with Crippen molar-refractivity contribution in [3.8, 4) is 0 Å². The van der Waals surface area contributed by atoms with Crippen LogP contribution in [0.2, 0.25) is 0 Å². The van der Waals surface area contributed by atoms with Gasteiger partial charge in [-0.15, -0.1) is 0 Å². The van der Waals surface area contributed by atoms with Crippen molar-refractivity contribution in [2.75, 3.05) is 0 Å². The standard InChI is InChI=1S/C6H5BN2O6/c10-7(11)6-4(8(12)13)2-1-3-5(6)9(14)15/h1-3,10-11H. The summed E-state index contributed by atoms with van der Waals surface area (Å²) in [5.41, 5.74) is -2.11. The molecule has 0 heterocycles. The second-order valence-electron chi connectivity index (χ2n) is 2.60. The van der Waals surface area contributed by atoms with E-state index in [9.17, 15) is 20.2 Å². The first-order chi connectivity index (χ1) is 6.95. The van der Waals surface area contributed by atoms with Gasteiger partial charge in [0.25, 0.3) is 11.4 Å². The zero-order valence-corrected chi connectivity index (χ0v) is 7.23. The van der Waals surface area contributed by atoms with Crippen LogP contribution in [-0.2, 0) is 0 Å². The third-order valence-electron chi connectivity index (χ3n) is 1.71. The van der Waals surface area contributed by atoms with Gasteiger partial charge in [0.2, 0.25) is 0 Å². The highest BCUT2D eigenvalue weighted by molar-refractivity contribution is 6.61. The van der Waals surface area contributed by atoms with Crippen molar-refractivity contribution in [1.82, 2.24) is 0 Å². The van der Waals surface area contributed by atoms with Crippen LogP contribution in [0, 0.1) is 20.2 Å². The number of nitro groups is 2. The second-order valence-corrected chi connectivity index (χ2v) is 2.60. The molecule has 0 spiro atoms. The van der Waals surface area contributed by atoms with E-state index in [2.05, 4.69) is 0 Å². The van der Waals surface area contributed by atoms with Crippen LogP contribution < -0.4 is 5.46 Å². The molecule has 0 aliphatic rings. The zero-order valence-electron chi connectivity index (χ0n) is 7.23. The van der Waals surface area contributed by atoms with Gasteiger partial charge in [0.1, 0.15) is 5.46 Å². The lowest BCUT2D eigenvalue weighted by Crippen LogP contribution is -2.34. The summed E-state index contributed by atoms with van der Waals surface area (Å²) in [4.78, 5) is 19.1. The second kappa shape index (κ2) is 4.03. The van der Waals surface area contributed by atoms with Gasteiger partial charge in [-0.2, -0.15) is 0 Å². The fourth-order valence-corrected chi connectivity index (χ4v) is 1.12. The van der Waals surface area contributed by atoms with Gasteiger partial charge in [-0.1, -0.05) is 0 Å². The lowest BCUT2D eigenvalue weighted by atomic mass is 9.77. The molecule has 2 N–H and O–H groups in total. The minimum Gasteiger partial charge on any atom is -0.423 e. The van der Waals surface area contributed by atoms with Crippen molar-refractivity contribution in [1.29, 1.82) is 0 Å². The van der Waals surface area contributed by atoms with E-state index in [1.807, 2.05) is 0 Å². The van der Waals surface area contributed by atoms with Crippen LogP contribution in [0.1, 0.15) is 0 Å². The Morgan fingerprint density at radius 3 is 1.73 bits per heavy atom. The van der Waals surface area contributed by atoms with Gasteiger partial charge in [0.15, 0.2) is 0 Å². The number of hydrogen-bond donors (Lipinski definition) is 2. The maximum absolute atomic E-state index is 10.5. The molecular formula is C6H5BN2O6. The Morgan fingerprint density at radius 1 is 1.07 bits per heavy atom. The van der Waals surface area contributed by atoms with Crippen LogP contribution >= 0.6 is 0 Å². The summed E-state index contributed by atoms with van der Waals surface area (Å²) in [6.45, 7) is 0.